The summed E-state index contributed by atoms with van der Waals surface area (Å²) in [6, 6.07) is 21.8. The summed E-state index contributed by atoms with van der Waals surface area (Å²) < 4.78 is 3.20. The number of fused-ring (bicyclic) bond motifs is 3. The third kappa shape index (κ3) is 2.18. The summed E-state index contributed by atoms with van der Waals surface area (Å²) in [6.07, 6.45) is 0. The van der Waals surface area contributed by atoms with Gasteiger partial charge in [-0.2, -0.15) is 0 Å². The van der Waals surface area contributed by atoms with Crippen molar-refractivity contribution in [3.05, 3.63) is 82.3 Å². The second kappa shape index (κ2) is 5.34. The van der Waals surface area contributed by atoms with Gasteiger partial charge in [-0.1, -0.05) is 58.4 Å². The Morgan fingerprint density at radius 1 is 0.864 bits per heavy atom. The lowest BCUT2D eigenvalue weighted by Gasteiger charge is -2.03. The second-order valence-electron chi connectivity index (χ2n) is 5.12. The van der Waals surface area contributed by atoms with E-state index in [1.165, 1.54) is 10.1 Å². The summed E-state index contributed by atoms with van der Waals surface area (Å²) >= 11 is 5.11. The third-order valence-corrected chi connectivity index (χ3v) is 5.45. The van der Waals surface area contributed by atoms with Gasteiger partial charge < -0.3 is 0 Å². The van der Waals surface area contributed by atoms with Crippen molar-refractivity contribution >= 4 is 53.2 Å². The zero-order valence-electron chi connectivity index (χ0n) is 11.5. The van der Waals surface area contributed by atoms with Crippen molar-refractivity contribution in [2.24, 2.45) is 0 Å². The Bertz CT molecular complexity index is 1020. The largest absolute Gasteiger partial charge is 0.289 e. The third-order valence-electron chi connectivity index (χ3n) is 3.74. The predicted octanol–water partition coefficient (Wildman–Crippen LogP) is 6.05. The zero-order valence-corrected chi connectivity index (χ0v) is 13.9. The first-order valence-corrected chi connectivity index (χ1v) is 8.55. The summed E-state index contributed by atoms with van der Waals surface area (Å²) in [7, 11) is 0. The molecule has 0 saturated carbocycles. The Morgan fingerprint density at radius 3 is 2.50 bits per heavy atom. The monoisotopic (exact) mass is 366 g/mol. The molecule has 1 nitrogen and oxygen atoms in total. The standard InChI is InChI=1S/C19H11BrOS/c20-13-6-3-5-12(11-13)18(21)16-9-4-8-15-14-7-1-2-10-17(14)22-19(15)16/h1-11H. The van der Waals surface area contributed by atoms with Gasteiger partial charge >= 0.3 is 0 Å². The van der Waals surface area contributed by atoms with Crippen LogP contribution in [0.4, 0.5) is 0 Å². The number of thiophene rings is 1. The van der Waals surface area contributed by atoms with Crippen LogP contribution in [0.5, 0.6) is 0 Å². The van der Waals surface area contributed by atoms with Crippen LogP contribution in [0.3, 0.4) is 0 Å². The second-order valence-corrected chi connectivity index (χ2v) is 7.09. The van der Waals surface area contributed by atoms with Gasteiger partial charge in [0.15, 0.2) is 5.78 Å². The van der Waals surface area contributed by atoms with Crippen molar-refractivity contribution in [2.75, 3.05) is 0 Å². The van der Waals surface area contributed by atoms with Crippen molar-refractivity contribution < 1.29 is 4.79 Å². The van der Waals surface area contributed by atoms with Crippen LogP contribution in [0, 0.1) is 0 Å². The van der Waals surface area contributed by atoms with Crippen LogP contribution >= 0.6 is 27.3 Å². The van der Waals surface area contributed by atoms with Crippen molar-refractivity contribution in [1.82, 2.24) is 0 Å². The molecule has 0 aliphatic rings. The van der Waals surface area contributed by atoms with Crippen LogP contribution in [0.25, 0.3) is 20.2 Å². The number of carbonyl (C=O) groups is 1. The Hall–Kier alpha value is -1.97. The molecule has 22 heavy (non-hydrogen) atoms. The Balaban J connectivity index is 1.97. The lowest BCUT2D eigenvalue weighted by atomic mass is 10.0. The van der Waals surface area contributed by atoms with Gasteiger partial charge in [0.2, 0.25) is 0 Å². The highest BCUT2D eigenvalue weighted by atomic mass is 79.9. The molecule has 0 amide bonds. The molecule has 1 aromatic heterocycles. The van der Waals surface area contributed by atoms with Crippen molar-refractivity contribution in [2.45, 2.75) is 0 Å². The normalized spacial score (nSPS) is 11.1. The molecule has 0 N–H and O–H groups in total. The molecule has 1 heterocycles. The van der Waals surface area contributed by atoms with E-state index < -0.39 is 0 Å². The van der Waals surface area contributed by atoms with Gasteiger partial charge in [-0.05, 0) is 24.3 Å². The van der Waals surface area contributed by atoms with E-state index in [0.717, 1.165) is 20.1 Å². The van der Waals surface area contributed by atoms with E-state index in [1.54, 1.807) is 11.3 Å². The average molecular weight is 367 g/mol. The van der Waals surface area contributed by atoms with Gasteiger partial charge in [0.25, 0.3) is 0 Å². The van der Waals surface area contributed by atoms with E-state index in [9.17, 15) is 4.79 Å². The highest BCUT2D eigenvalue weighted by Crippen LogP contribution is 2.36. The van der Waals surface area contributed by atoms with Gasteiger partial charge in [0.1, 0.15) is 0 Å². The molecular formula is C19H11BrOS. The van der Waals surface area contributed by atoms with Gasteiger partial charge in [0, 0.05) is 35.8 Å². The molecule has 0 atom stereocenters. The van der Waals surface area contributed by atoms with Gasteiger partial charge in [0.05, 0.1) is 0 Å². The van der Waals surface area contributed by atoms with Crippen molar-refractivity contribution in [1.29, 1.82) is 0 Å². The minimum absolute atomic E-state index is 0.0680. The first-order chi connectivity index (χ1) is 10.7. The molecule has 0 bridgehead atoms. The van der Waals surface area contributed by atoms with Gasteiger partial charge in [-0.15, -0.1) is 11.3 Å². The fraction of sp³-hybridized carbons (Fsp3) is 0. The molecule has 106 valence electrons. The fourth-order valence-corrected chi connectivity index (χ4v) is 4.32. The smallest absolute Gasteiger partial charge is 0.194 e. The van der Waals surface area contributed by atoms with E-state index in [4.69, 9.17) is 0 Å². The van der Waals surface area contributed by atoms with Crippen LogP contribution in [-0.4, -0.2) is 5.78 Å². The average Bonchev–Trinajstić information content (AvgIpc) is 2.93. The summed E-state index contributed by atoms with van der Waals surface area (Å²) in [5.41, 5.74) is 1.48. The number of hydrogen-bond donors (Lipinski definition) is 0. The van der Waals surface area contributed by atoms with Crippen molar-refractivity contribution in [3.8, 4) is 0 Å². The number of carbonyl (C=O) groups excluding carboxylic acids is 1. The predicted molar refractivity (Wildman–Crippen MR) is 96.9 cm³/mol. The molecule has 0 radical (unpaired) electrons. The molecule has 0 fully saturated rings. The number of rotatable bonds is 2. The van der Waals surface area contributed by atoms with Gasteiger partial charge in [-0.25, -0.2) is 0 Å². The van der Waals surface area contributed by atoms with E-state index >= 15 is 0 Å². The van der Waals surface area contributed by atoms with E-state index in [0.29, 0.717) is 5.56 Å². The summed E-state index contributed by atoms with van der Waals surface area (Å²) in [5.74, 6) is 0.0680. The number of ketones is 1. The minimum Gasteiger partial charge on any atom is -0.289 e. The molecular weight excluding hydrogens is 356 g/mol. The highest BCUT2D eigenvalue weighted by Gasteiger charge is 2.15. The van der Waals surface area contributed by atoms with Crippen LogP contribution in [-0.2, 0) is 0 Å². The fourth-order valence-electron chi connectivity index (χ4n) is 2.71. The molecule has 0 spiro atoms. The number of hydrogen-bond acceptors (Lipinski definition) is 2. The maximum absolute atomic E-state index is 12.9. The number of benzene rings is 3. The van der Waals surface area contributed by atoms with E-state index in [-0.39, 0.29) is 5.78 Å². The summed E-state index contributed by atoms with van der Waals surface area (Å²) in [5, 5.41) is 2.37. The van der Waals surface area contributed by atoms with Crippen molar-refractivity contribution in [3.63, 3.8) is 0 Å². The lowest BCUT2D eigenvalue weighted by Crippen LogP contribution is -2.01. The molecule has 0 aliphatic heterocycles. The van der Waals surface area contributed by atoms with Crippen LogP contribution in [0.2, 0.25) is 0 Å². The van der Waals surface area contributed by atoms with Gasteiger partial charge in [-0.3, -0.25) is 4.79 Å². The first kappa shape index (κ1) is 13.7. The zero-order chi connectivity index (χ0) is 15.1. The number of halogens is 1. The molecule has 3 aromatic carbocycles. The molecule has 0 unspecified atom stereocenters. The SMILES string of the molecule is O=C(c1cccc(Br)c1)c1cccc2c1sc1ccccc12. The Kier molecular flexibility index (Phi) is 3.32. The van der Waals surface area contributed by atoms with E-state index in [1.807, 2.05) is 48.5 Å². The Labute approximate surface area is 140 Å². The minimum atomic E-state index is 0.0680. The molecule has 3 heteroatoms. The molecule has 0 aliphatic carbocycles. The Morgan fingerprint density at radius 2 is 1.64 bits per heavy atom. The summed E-state index contributed by atoms with van der Waals surface area (Å²) in [6.45, 7) is 0. The maximum atomic E-state index is 12.9. The lowest BCUT2D eigenvalue weighted by molar-refractivity contribution is 0.104. The van der Waals surface area contributed by atoms with Crippen LogP contribution < -0.4 is 0 Å². The quantitative estimate of drug-likeness (QED) is 0.394. The molecule has 4 rings (SSSR count). The summed E-state index contributed by atoms with van der Waals surface area (Å²) in [4.78, 5) is 12.9. The topological polar surface area (TPSA) is 17.1 Å². The van der Waals surface area contributed by atoms with Crippen LogP contribution in [0.1, 0.15) is 15.9 Å². The maximum Gasteiger partial charge on any atom is 0.194 e. The highest BCUT2D eigenvalue weighted by molar-refractivity contribution is 9.10. The molecule has 0 saturated heterocycles. The first-order valence-electron chi connectivity index (χ1n) is 6.94. The molecule has 4 aromatic rings. The van der Waals surface area contributed by atoms with Crippen LogP contribution in [0.15, 0.2) is 71.2 Å². The van der Waals surface area contributed by atoms with E-state index in [2.05, 4.69) is 34.1 Å².